The molecule has 1 saturated heterocycles. The van der Waals surface area contributed by atoms with Crippen molar-refractivity contribution in [3.63, 3.8) is 0 Å². The number of anilines is 2. The molecule has 28 heavy (non-hydrogen) atoms. The lowest BCUT2D eigenvalue weighted by molar-refractivity contribution is -0.120. The average molecular weight is 374 g/mol. The van der Waals surface area contributed by atoms with Gasteiger partial charge in [0.1, 0.15) is 12.0 Å². The minimum Gasteiger partial charge on any atom is -0.505 e. The summed E-state index contributed by atoms with van der Waals surface area (Å²) in [7, 11) is 0. The predicted molar refractivity (Wildman–Crippen MR) is 111 cm³/mol. The maximum absolute atomic E-state index is 12.7. The number of phenols is 1. The van der Waals surface area contributed by atoms with Crippen molar-refractivity contribution in [1.82, 2.24) is 0 Å². The summed E-state index contributed by atoms with van der Waals surface area (Å²) < 4.78 is 0. The summed E-state index contributed by atoms with van der Waals surface area (Å²) in [5, 5.41) is 15.0. The van der Waals surface area contributed by atoms with E-state index in [-0.39, 0.29) is 17.6 Å². The highest BCUT2D eigenvalue weighted by Crippen LogP contribution is 2.33. The maximum Gasteiger partial charge on any atom is 0.227 e. The Morgan fingerprint density at radius 1 is 1.00 bits per heavy atom. The van der Waals surface area contributed by atoms with Crippen LogP contribution in [0.4, 0.5) is 11.4 Å². The molecule has 0 bridgehead atoms. The molecule has 4 rings (SSSR count). The molecule has 3 aromatic carbocycles. The minimum atomic E-state index is -0.0867. The average Bonchev–Trinajstić information content (AvgIpc) is 2.76. The van der Waals surface area contributed by atoms with E-state index < -0.39 is 0 Å². The van der Waals surface area contributed by atoms with E-state index >= 15 is 0 Å². The molecule has 0 radical (unpaired) electrons. The molecule has 1 heterocycles. The summed E-state index contributed by atoms with van der Waals surface area (Å²) in [5.74, 6) is -0.0305. The number of nitrogens with zero attached hydrogens (tertiary/aromatic N) is 1. The third kappa shape index (κ3) is 3.56. The molecule has 0 unspecified atom stereocenters. The Balaban J connectivity index is 1.40. The first-order valence-electron chi connectivity index (χ1n) is 9.47. The number of benzene rings is 3. The van der Waals surface area contributed by atoms with Gasteiger partial charge in [0.05, 0.1) is 5.69 Å². The quantitative estimate of drug-likeness (QED) is 0.530. The molecule has 0 aliphatic carbocycles. The van der Waals surface area contributed by atoms with Crippen molar-refractivity contribution >= 4 is 34.3 Å². The smallest absolute Gasteiger partial charge is 0.227 e. The van der Waals surface area contributed by atoms with Crippen LogP contribution in [-0.4, -0.2) is 30.4 Å². The van der Waals surface area contributed by atoms with Crippen LogP contribution in [-0.2, 0) is 4.79 Å². The number of piperidine rings is 1. The van der Waals surface area contributed by atoms with Crippen molar-refractivity contribution in [2.75, 3.05) is 23.3 Å². The van der Waals surface area contributed by atoms with Gasteiger partial charge in [0.15, 0.2) is 0 Å². The van der Waals surface area contributed by atoms with Crippen LogP contribution in [0.2, 0.25) is 0 Å². The third-order valence-corrected chi connectivity index (χ3v) is 5.42. The first kappa shape index (κ1) is 18.0. The normalized spacial score (nSPS) is 14.8. The number of aldehydes is 1. The van der Waals surface area contributed by atoms with Gasteiger partial charge in [0.25, 0.3) is 0 Å². The van der Waals surface area contributed by atoms with Crippen molar-refractivity contribution in [1.29, 1.82) is 0 Å². The van der Waals surface area contributed by atoms with Crippen LogP contribution < -0.4 is 10.2 Å². The van der Waals surface area contributed by atoms with Gasteiger partial charge >= 0.3 is 0 Å². The van der Waals surface area contributed by atoms with Crippen LogP contribution in [0, 0.1) is 5.92 Å². The number of carbonyl (C=O) groups is 2. The van der Waals surface area contributed by atoms with Crippen LogP contribution in [0.3, 0.4) is 0 Å². The van der Waals surface area contributed by atoms with E-state index in [9.17, 15) is 14.7 Å². The van der Waals surface area contributed by atoms with Gasteiger partial charge < -0.3 is 15.3 Å². The van der Waals surface area contributed by atoms with Gasteiger partial charge in [0.2, 0.25) is 5.91 Å². The first-order valence-corrected chi connectivity index (χ1v) is 9.47. The van der Waals surface area contributed by atoms with Gasteiger partial charge in [-0.3, -0.25) is 9.59 Å². The van der Waals surface area contributed by atoms with E-state index in [1.165, 1.54) is 0 Å². The number of carbonyl (C=O) groups excluding carboxylic acids is 2. The molecule has 0 spiro atoms. The van der Waals surface area contributed by atoms with Crippen LogP contribution in [0.5, 0.6) is 5.75 Å². The summed E-state index contributed by atoms with van der Waals surface area (Å²) in [6, 6.07) is 18.7. The Bertz CT molecular complexity index is 1010. The highest BCUT2D eigenvalue weighted by molar-refractivity contribution is 6.00. The van der Waals surface area contributed by atoms with E-state index in [1.54, 1.807) is 6.07 Å². The lowest BCUT2D eigenvalue weighted by Crippen LogP contribution is -2.38. The molecule has 0 atom stereocenters. The number of hydrogen-bond acceptors (Lipinski definition) is 4. The Morgan fingerprint density at radius 3 is 2.43 bits per heavy atom. The minimum absolute atomic E-state index is 0.0541. The lowest BCUT2D eigenvalue weighted by atomic mass is 9.95. The first-order chi connectivity index (χ1) is 13.7. The predicted octanol–water partition coefficient (Wildman–Crippen LogP) is 4.21. The molecule has 1 amide bonds. The molecule has 0 aromatic heterocycles. The number of rotatable bonds is 4. The number of hydrogen-bond donors (Lipinski definition) is 2. The maximum atomic E-state index is 12.7. The summed E-state index contributed by atoms with van der Waals surface area (Å²) in [4.78, 5) is 25.7. The molecule has 5 heteroatoms. The second-order valence-corrected chi connectivity index (χ2v) is 7.14. The van der Waals surface area contributed by atoms with Gasteiger partial charge in [-0.1, -0.05) is 30.3 Å². The largest absolute Gasteiger partial charge is 0.505 e. The highest BCUT2D eigenvalue weighted by Gasteiger charge is 2.26. The van der Waals surface area contributed by atoms with Crippen molar-refractivity contribution < 1.29 is 14.7 Å². The van der Waals surface area contributed by atoms with Crippen molar-refractivity contribution in [3.8, 4) is 5.75 Å². The zero-order valence-corrected chi connectivity index (χ0v) is 15.5. The van der Waals surface area contributed by atoms with E-state index in [0.717, 1.165) is 48.7 Å². The summed E-state index contributed by atoms with van der Waals surface area (Å²) in [6.07, 6.45) is 2.33. The fourth-order valence-corrected chi connectivity index (χ4v) is 3.75. The molecule has 1 fully saturated rings. The topological polar surface area (TPSA) is 69.6 Å². The molecule has 5 nitrogen and oxygen atoms in total. The van der Waals surface area contributed by atoms with E-state index in [2.05, 4.69) is 10.2 Å². The van der Waals surface area contributed by atoms with E-state index in [0.29, 0.717) is 11.3 Å². The molecule has 2 N–H and O–H groups in total. The fourth-order valence-electron chi connectivity index (χ4n) is 3.75. The lowest BCUT2D eigenvalue weighted by Gasteiger charge is -2.33. The summed E-state index contributed by atoms with van der Waals surface area (Å²) >= 11 is 0. The Morgan fingerprint density at radius 2 is 1.71 bits per heavy atom. The summed E-state index contributed by atoms with van der Waals surface area (Å²) in [5.41, 5.74) is 2.18. The van der Waals surface area contributed by atoms with E-state index in [4.69, 9.17) is 0 Å². The molecule has 1 aliphatic rings. The van der Waals surface area contributed by atoms with Gasteiger partial charge in [-0.05, 0) is 48.6 Å². The van der Waals surface area contributed by atoms with Crippen molar-refractivity contribution in [2.24, 2.45) is 5.92 Å². The highest BCUT2D eigenvalue weighted by atomic mass is 16.3. The number of fused-ring (bicyclic) bond motifs is 1. The molecule has 3 aromatic rings. The molecule has 1 aliphatic heterocycles. The molecular weight excluding hydrogens is 352 g/mol. The molecule has 142 valence electrons. The monoisotopic (exact) mass is 374 g/mol. The van der Waals surface area contributed by atoms with Gasteiger partial charge in [-0.2, -0.15) is 0 Å². The summed E-state index contributed by atoms with van der Waals surface area (Å²) in [6.45, 7) is 1.56. The third-order valence-electron chi connectivity index (χ3n) is 5.42. The Labute approximate surface area is 163 Å². The van der Waals surface area contributed by atoms with Crippen molar-refractivity contribution in [3.05, 3.63) is 66.2 Å². The Hall–Kier alpha value is -3.34. The van der Waals surface area contributed by atoms with E-state index in [1.807, 2.05) is 54.6 Å². The molecular formula is C23H22N2O3. The Kier molecular flexibility index (Phi) is 4.98. The molecule has 0 saturated carbocycles. The van der Waals surface area contributed by atoms with Crippen LogP contribution in [0.1, 0.15) is 23.2 Å². The van der Waals surface area contributed by atoms with Gasteiger partial charge in [-0.15, -0.1) is 0 Å². The van der Waals surface area contributed by atoms with Crippen LogP contribution in [0.15, 0.2) is 60.7 Å². The number of amides is 1. The second kappa shape index (κ2) is 7.72. The van der Waals surface area contributed by atoms with Gasteiger partial charge in [-0.25, -0.2) is 0 Å². The number of aromatic hydroxyl groups is 1. The zero-order chi connectivity index (χ0) is 19.5. The number of phenolic OH excluding ortho intramolecular Hbond substituents is 1. The number of nitrogens with one attached hydrogen (secondary N) is 1. The fraction of sp³-hybridized carbons (Fsp3) is 0.217. The second-order valence-electron chi connectivity index (χ2n) is 7.14. The zero-order valence-electron chi connectivity index (χ0n) is 15.5. The van der Waals surface area contributed by atoms with Crippen LogP contribution in [0.25, 0.3) is 10.8 Å². The van der Waals surface area contributed by atoms with Crippen molar-refractivity contribution in [2.45, 2.75) is 12.8 Å². The van der Waals surface area contributed by atoms with Gasteiger partial charge in [0, 0.05) is 35.6 Å². The standard InChI is InChI=1S/C23H22N2O3/c26-15-16-5-8-19(9-6-16)25-13-11-18(12-14-25)23(28)24-21-10-7-17-3-1-2-4-20(17)22(21)27/h1-10,15,18,27H,11-14H2,(H,24,28). The van der Waals surface area contributed by atoms with Crippen LogP contribution >= 0.6 is 0 Å². The SMILES string of the molecule is O=Cc1ccc(N2CCC(C(=O)Nc3ccc4ccccc4c3O)CC2)cc1.